The van der Waals surface area contributed by atoms with Crippen LogP contribution in [0, 0.1) is 6.92 Å². The number of rotatable bonds is 9. The van der Waals surface area contributed by atoms with Crippen LogP contribution < -0.4 is 4.48 Å². The van der Waals surface area contributed by atoms with Gasteiger partial charge < -0.3 is 27.4 Å². The van der Waals surface area contributed by atoms with Crippen molar-refractivity contribution in [2.45, 2.75) is 88.5 Å². The lowest BCUT2D eigenvalue weighted by atomic mass is 9.81. The summed E-state index contributed by atoms with van der Waals surface area (Å²) in [6.45, 7) is 11.2. The zero-order chi connectivity index (χ0) is 37.4. The van der Waals surface area contributed by atoms with Crippen LogP contribution in [0.25, 0.3) is 0 Å². The fourth-order valence-corrected chi connectivity index (χ4v) is 10.0. The summed E-state index contributed by atoms with van der Waals surface area (Å²) >= 11 is 18.1. The maximum absolute atomic E-state index is 12.8. The molecule has 51 heavy (non-hydrogen) atoms. The van der Waals surface area contributed by atoms with Gasteiger partial charge in [-0.2, -0.15) is 9.48 Å². The first-order valence-corrected chi connectivity index (χ1v) is 19.5. The van der Waals surface area contributed by atoms with E-state index in [4.69, 9.17) is 37.1 Å². The monoisotopic (exact) mass is 764 g/mol. The molecule has 0 amide bonds. The van der Waals surface area contributed by atoms with Crippen molar-refractivity contribution < 1.29 is 37.3 Å². The summed E-state index contributed by atoms with van der Waals surface area (Å²) in [4.78, 5) is 25.0. The minimum atomic E-state index is -4.72. The molecule has 0 aromatic heterocycles. The SMILES string of the molecule is Cc1ccc2c(c1)C(C)(C)C(=CC1=C([S-])C(=CC3=[N+](CCCCC(=O)O)c4ccc(S(=O)(=O)[O-])cc4C3(C)C)C(=S)C1=S)[N+]21CCCC1C(=O)O. The Morgan fingerprint density at radius 3 is 2.37 bits per heavy atom. The van der Waals surface area contributed by atoms with Crippen molar-refractivity contribution in [3.05, 3.63) is 87.0 Å². The molecule has 2 atom stereocenters. The quantitative estimate of drug-likeness (QED) is 0.0559. The summed E-state index contributed by atoms with van der Waals surface area (Å²) in [7, 11) is -4.72. The fraction of sp³-hybridized carbons (Fsp3) is 0.395. The zero-order valence-corrected chi connectivity index (χ0v) is 32.4. The number of fused-ring (bicyclic) bond motifs is 3. The van der Waals surface area contributed by atoms with Crippen LogP contribution in [0.15, 0.2) is 75.2 Å². The van der Waals surface area contributed by atoms with Crippen molar-refractivity contribution in [3.8, 4) is 0 Å². The number of allylic oxidation sites excluding steroid dienone is 5. The van der Waals surface area contributed by atoms with Gasteiger partial charge in [0.15, 0.2) is 11.8 Å². The number of aliphatic carboxylic acids is 2. The maximum atomic E-state index is 12.8. The number of carboxylic acid groups (broad SMARTS) is 2. The maximum Gasteiger partial charge on any atom is 0.363 e. The molecule has 0 saturated carbocycles. The van der Waals surface area contributed by atoms with Crippen LogP contribution in [0.4, 0.5) is 11.4 Å². The topological polar surface area (TPSA) is 135 Å². The number of benzene rings is 2. The van der Waals surface area contributed by atoms with Gasteiger partial charge in [-0.25, -0.2) is 17.7 Å². The number of hydrogen-bond donors (Lipinski definition) is 2. The van der Waals surface area contributed by atoms with Crippen molar-refractivity contribution in [2.24, 2.45) is 0 Å². The van der Waals surface area contributed by atoms with E-state index in [2.05, 4.69) is 26.0 Å². The van der Waals surface area contributed by atoms with Crippen molar-refractivity contribution in [2.75, 3.05) is 13.1 Å². The highest BCUT2D eigenvalue weighted by Gasteiger charge is 2.61. The number of carbonyl (C=O) groups is 2. The summed E-state index contributed by atoms with van der Waals surface area (Å²) in [5, 5.41) is 19.7. The summed E-state index contributed by atoms with van der Waals surface area (Å²) in [6, 6.07) is 9.88. The first-order chi connectivity index (χ1) is 23.7. The molecule has 1 spiro atoms. The van der Waals surface area contributed by atoms with E-state index in [0.29, 0.717) is 69.4 Å². The lowest BCUT2D eigenvalue weighted by Gasteiger charge is -2.37. The molecule has 1 fully saturated rings. The lowest BCUT2D eigenvalue weighted by molar-refractivity contribution is -0.438. The number of carboxylic acids is 2. The Kier molecular flexibility index (Phi) is 9.43. The van der Waals surface area contributed by atoms with E-state index >= 15 is 0 Å². The van der Waals surface area contributed by atoms with Crippen LogP contribution in [0.5, 0.6) is 0 Å². The molecular weight excluding hydrogens is 725 g/mol. The van der Waals surface area contributed by atoms with Crippen molar-refractivity contribution in [1.82, 2.24) is 4.48 Å². The van der Waals surface area contributed by atoms with Gasteiger partial charge in [0.05, 0.1) is 32.0 Å². The molecule has 6 rings (SSSR count). The van der Waals surface area contributed by atoms with E-state index in [0.717, 1.165) is 34.6 Å². The van der Waals surface area contributed by atoms with E-state index in [1.165, 1.54) is 12.1 Å². The first kappa shape index (κ1) is 37.3. The molecule has 4 aliphatic rings. The van der Waals surface area contributed by atoms with Gasteiger partial charge in [-0.05, 0) is 70.4 Å². The highest BCUT2D eigenvalue weighted by atomic mass is 32.2. The summed E-state index contributed by atoms with van der Waals surface area (Å²) in [5.74, 6) is -1.74. The molecular formula is C38H40N2O7S4. The fourth-order valence-electron chi connectivity index (χ4n) is 8.55. The molecule has 1 saturated heterocycles. The van der Waals surface area contributed by atoms with Gasteiger partial charge in [0.1, 0.15) is 28.0 Å². The van der Waals surface area contributed by atoms with E-state index in [1.807, 2.05) is 43.6 Å². The van der Waals surface area contributed by atoms with E-state index in [1.54, 1.807) is 6.07 Å². The molecule has 3 heterocycles. The minimum absolute atomic E-state index is 0.00578. The average Bonchev–Trinajstić information content (AvgIpc) is 3.68. The number of quaternary nitrogens is 1. The largest absolute Gasteiger partial charge is 0.778 e. The van der Waals surface area contributed by atoms with Crippen molar-refractivity contribution in [1.29, 1.82) is 0 Å². The Morgan fingerprint density at radius 2 is 1.73 bits per heavy atom. The molecule has 1 aliphatic carbocycles. The molecule has 2 aromatic rings. The van der Waals surface area contributed by atoms with Gasteiger partial charge >= 0.3 is 11.9 Å². The van der Waals surface area contributed by atoms with Crippen LogP contribution in [0.1, 0.15) is 76.5 Å². The number of aryl methyl sites for hydroxylation is 1. The van der Waals surface area contributed by atoms with Gasteiger partial charge in [-0.1, -0.05) is 36.1 Å². The second-order valence-corrected chi connectivity index (χ2v) is 17.5. The molecule has 9 nitrogen and oxygen atoms in total. The van der Waals surface area contributed by atoms with Gasteiger partial charge in [-0.15, -0.1) is 0 Å². The third-order valence-corrected chi connectivity index (χ3v) is 13.3. The number of hydrogen-bond acceptors (Lipinski definition) is 8. The van der Waals surface area contributed by atoms with Crippen LogP contribution in [0.2, 0.25) is 0 Å². The van der Waals surface area contributed by atoms with Crippen LogP contribution >= 0.6 is 24.4 Å². The third-order valence-electron chi connectivity index (χ3n) is 11.1. The first-order valence-electron chi connectivity index (χ1n) is 16.9. The molecule has 2 unspecified atom stereocenters. The van der Waals surface area contributed by atoms with Gasteiger partial charge in [0, 0.05) is 61.1 Å². The summed E-state index contributed by atoms with van der Waals surface area (Å²) in [5.41, 5.74) is 5.97. The van der Waals surface area contributed by atoms with Crippen molar-refractivity contribution in [3.63, 3.8) is 0 Å². The predicted octanol–water partition coefficient (Wildman–Crippen LogP) is 6.44. The second kappa shape index (κ2) is 12.9. The number of nitrogens with zero attached hydrogens (tertiary/aromatic N) is 2. The second-order valence-electron chi connectivity index (χ2n) is 14.9. The molecule has 2 N–H and O–H groups in total. The van der Waals surface area contributed by atoms with E-state index in [9.17, 15) is 32.8 Å². The lowest BCUT2D eigenvalue weighted by Crippen LogP contribution is -2.55. The summed E-state index contributed by atoms with van der Waals surface area (Å²) in [6.07, 6.45) is 6.14. The van der Waals surface area contributed by atoms with E-state index < -0.39 is 38.9 Å². The summed E-state index contributed by atoms with van der Waals surface area (Å²) < 4.78 is 38.2. The van der Waals surface area contributed by atoms with Gasteiger partial charge in [0.2, 0.25) is 5.69 Å². The van der Waals surface area contributed by atoms with Crippen LogP contribution in [-0.4, -0.2) is 74.3 Å². The Labute approximate surface area is 314 Å². The van der Waals surface area contributed by atoms with Gasteiger partial charge in [0.25, 0.3) is 0 Å². The molecule has 268 valence electrons. The molecule has 2 aromatic carbocycles. The van der Waals surface area contributed by atoms with Crippen LogP contribution in [0.3, 0.4) is 0 Å². The average molecular weight is 765 g/mol. The Hall–Kier alpha value is -3.46. The predicted molar refractivity (Wildman–Crippen MR) is 206 cm³/mol. The third kappa shape index (κ3) is 5.95. The smallest absolute Gasteiger partial charge is 0.363 e. The number of unbranched alkanes of at least 4 members (excludes halogenated alkanes) is 1. The molecule has 13 heteroatoms. The minimum Gasteiger partial charge on any atom is -0.778 e. The molecule has 0 radical (unpaired) electrons. The Morgan fingerprint density at radius 1 is 1.02 bits per heavy atom. The molecule has 0 bridgehead atoms. The number of thiocarbonyl (C=S) groups is 2. The molecule has 3 aliphatic heterocycles. The van der Waals surface area contributed by atoms with Gasteiger partial charge in [-0.3, -0.25) is 4.79 Å². The van der Waals surface area contributed by atoms with E-state index in [-0.39, 0.29) is 15.8 Å². The Balaban J connectivity index is 1.53. The highest BCUT2D eigenvalue weighted by Crippen LogP contribution is 2.57. The standard InChI is InChI=1S/C38H40N2O7S4/c1-21-11-14-28-26(17-21)38(4,5)31(40(28)16-8-9-29(40)36(43)44)20-24-33(48)23(34(49)35(24)50)19-30-37(2,3)25-18-22(51(45,46)47)12-13-27(25)39(30)15-7-6-10-32(41)42/h11-14,17-20,29H,6-10,15-16H2,1-5H3,(H2-2,41,42,43,44,45,46,47,48,50). The highest BCUT2D eigenvalue weighted by molar-refractivity contribution is 7.90. The zero-order valence-electron chi connectivity index (χ0n) is 29.1. The van der Waals surface area contributed by atoms with Crippen molar-refractivity contribution >= 4 is 85.9 Å². The van der Waals surface area contributed by atoms with Crippen LogP contribution in [-0.2, 0) is 43.2 Å². The normalized spacial score (nSPS) is 25.1. The Bertz CT molecular complexity index is 2190.